The quantitative estimate of drug-likeness (QED) is 0.280. The van der Waals surface area contributed by atoms with Gasteiger partial charge >= 0.3 is 0 Å². The van der Waals surface area contributed by atoms with Gasteiger partial charge in [0.15, 0.2) is 5.96 Å². The maximum absolute atomic E-state index is 9.61. The van der Waals surface area contributed by atoms with Crippen molar-refractivity contribution in [1.29, 1.82) is 0 Å². The van der Waals surface area contributed by atoms with Crippen LogP contribution in [0, 0.1) is 0 Å². The number of aliphatic hydroxyl groups excluding tert-OH is 1. The summed E-state index contributed by atoms with van der Waals surface area (Å²) in [6.07, 6.45) is 3.68. The van der Waals surface area contributed by atoms with Gasteiger partial charge in [0, 0.05) is 39.4 Å². The summed E-state index contributed by atoms with van der Waals surface area (Å²) in [5, 5.41) is 16.5. The van der Waals surface area contributed by atoms with Gasteiger partial charge in [-0.15, -0.1) is 0 Å². The Hall–Kier alpha value is -1.83. The van der Waals surface area contributed by atoms with Gasteiger partial charge in [0.05, 0.1) is 19.8 Å². The van der Waals surface area contributed by atoms with E-state index in [0.717, 1.165) is 88.9 Å². The average Bonchev–Trinajstić information content (AvgIpc) is 2.75. The second-order valence-corrected chi connectivity index (χ2v) is 7.34. The molecule has 1 aliphatic heterocycles. The Labute approximate surface area is 175 Å². The molecule has 0 spiro atoms. The van der Waals surface area contributed by atoms with Crippen LogP contribution in [-0.4, -0.2) is 75.1 Å². The number of hydrogen-bond donors (Lipinski definition) is 3. The third-order valence-corrected chi connectivity index (χ3v) is 5.04. The first kappa shape index (κ1) is 23.4. The van der Waals surface area contributed by atoms with Gasteiger partial charge in [-0.2, -0.15) is 0 Å². The topological polar surface area (TPSA) is 78.3 Å². The van der Waals surface area contributed by atoms with Crippen molar-refractivity contribution >= 4 is 5.96 Å². The maximum Gasteiger partial charge on any atom is 0.191 e. The lowest BCUT2D eigenvalue weighted by molar-refractivity contribution is 0.0823. The van der Waals surface area contributed by atoms with Gasteiger partial charge in [-0.05, 0) is 56.8 Å². The number of ether oxygens (including phenoxy) is 2. The molecule has 1 fully saturated rings. The van der Waals surface area contributed by atoms with E-state index in [4.69, 9.17) is 14.5 Å². The molecule has 0 bridgehead atoms. The Morgan fingerprint density at radius 2 is 1.83 bits per heavy atom. The van der Waals surface area contributed by atoms with Crippen LogP contribution < -0.4 is 15.4 Å². The maximum atomic E-state index is 9.61. The number of rotatable bonds is 12. The summed E-state index contributed by atoms with van der Waals surface area (Å²) in [4.78, 5) is 7.16. The van der Waals surface area contributed by atoms with E-state index in [9.17, 15) is 5.11 Å². The molecule has 0 saturated carbocycles. The zero-order valence-corrected chi connectivity index (χ0v) is 18.0. The molecule has 3 N–H and O–H groups in total. The largest absolute Gasteiger partial charge is 0.497 e. The highest BCUT2D eigenvalue weighted by Crippen LogP contribution is 2.12. The van der Waals surface area contributed by atoms with Crippen LogP contribution in [0.5, 0.6) is 5.75 Å². The highest BCUT2D eigenvalue weighted by atomic mass is 16.5. The van der Waals surface area contributed by atoms with E-state index in [2.05, 4.69) is 15.5 Å². The second kappa shape index (κ2) is 14.2. The van der Waals surface area contributed by atoms with Gasteiger partial charge in [-0.1, -0.05) is 12.1 Å². The molecular weight excluding hydrogens is 368 g/mol. The van der Waals surface area contributed by atoms with Crippen molar-refractivity contribution in [3.8, 4) is 5.75 Å². The van der Waals surface area contributed by atoms with E-state index in [1.165, 1.54) is 0 Å². The van der Waals surface area contributed by atoms with Crippen LogP contribution in [0.3, 0.4) is 0 Å². The molecule has 1 aromatic rings. The molecule has 0 atom stereocenters. The first-order valence-corrected chi connectivity index (χ1v) is 10.8. The number of methoxy groups -OCH3 is 1. The van der Waals surface area contributed by atoms with E-state index in [-0.39, 0.29) is 6.10 Å². The molecule has 0 unspecified atom stereocenters. The highest BCUT2D eigenvalue weighted by Gasteiger charge is 2.16. The number of guanidine groups is 1. The van der Waals surface area contributed by atoms with Gasteiger partial charge in [0.2, 0.25) is 0 Å². The zero-order chi connectivity index (χ0) is 20.7. The lowest BCUT2D eigenvalue weighted by atomic mass is 10.1. The van der Waals surface area contributed by atoms with Crippen molar-refractivity contribution in [2.45, 2.75) is 45.3 Å². The Morgan fingerprint density at radius 1 is 1.14 bits per heavy atom. The SMILES string of the molecule is CCOCCCNC(=NCc1ccc(OC)cc1)NCCCN1CCC(O)CC1. The zero-order valence-electron chi connectivity index (χ0n) is 18.0. The summed E-state index contributed by atoms with van der Waals surface area (Å²) < 4.78 is 10.6. The molecule has 0 radical (unpaired) electrons. The Morgan fingerprint density at radius 3 is 2.48 bits per heavy atom. The van der Waals surface area contributed by atoms with Crippen LogP contribution in [0.4, 0.5) is 0 Å². The van der Waals surface area contributed by atoms with E-state index < -0.39 is 0 Å². The Bertz CT molecular complexity index is 572. The summed E-state index contributed by atoms with van der Waals surface area (Å²) in [7, 11) is 1.67. The molecule has 1 heterocycles. The van der Waals surface area contributed by atoms with Gasteiger partial charge < -0.3 is 30.1 Å². The van der Waals surface area contributed by atoms with Crippen LogP contribution in [-0.2, 0) is 11.3 Å². The fourth-order valence-electron chi connectivity index (χ4n) is 3.25. The van der Waals surface area contributed by atoms with Gasteiger partial charge in [-0.3, -0.25) is 0 Å². The summed E-state index contributed by atoms with van der Waals surface area (Å²) in [5.41, 5.74) is 1.15. The number of piperidine rings is 1. The summed E-state index contributed by atoms with van der Waals surface area (Å²) in [6, 6.07) is 8.01. The number of likely N-dealkylation sites (tertiary alicyclic amines) is 1. The van der Waals surface area contributed by atoms with Crippen LogP contribution in [0.15, 0.2) is 29.3 Å². The van der Waals surface area contributed by atoms with Gasteiger partial charge in [0.25, 0.3) is 0 Å². The molecule has 2 rings (SSSR count). The summed E-state index contributed by atoms with van der Waals surface area (Å²) in [5.74, 6) is 1.70. The van der Waals surface area contributed by atoms with Crippen molar-refractivity contribution in [1.82, 2.24) is 15.5 Å². The Balaban J connectivity index is 1.76. The molecule has 164 valence electrons. The van der Waals surface area contributed by atoms with Crippen molar-refractivity contribution in [3.63, 3.8) is 0 Å². The van der Waals surface area contributed by atoms with Crippen molar-refractivity contribution < 1.29 is 14.6 Å². The fourth-order valence-corrected chi connectivity index (χ4v) is 3.25. The smallest absolute Gasteiger partial charge is 0.191 e. The third kappa shape index (κ3) is 9.96. The predicted molar refractivity (Wildman–Crippen MR) is 118 cm³/mol. The lowest BCUT2D eigenvalue weighted by Crippen LogP contribution is -2.41. The molecule has 1 aromatic carbocycles. The Kier molecular flexibility index (Phi) is 11.5. The van der Waals surface area contributed by atoms with Crippen molar-refractivity contribution in [2.75, 3.05) is 53.0 Å². The highest BCUT2D eigenvalue weighted by molar-refractivity contribution is 5.79. The number of hydrogen-bond acceptors (Lipinski definition) is 5. The average molecular weight is 407 g/mol. The standard InChI is InChI=1S/C22H38N4O3/c1-3-29-17-5-13-24-22(25-18-19-6-8-21(28-2)9-7-19)23-12-4-14-26-15-10-20(27)11-16-26/h6-9,20,27H,3-5,10-18H2,1-2H3,(H2,23,24,25). The summed E-state index contributed by atoms with van der Waals surface area (Å²) in [6.45, 7) is 8.90. The van der Waals surface area contributed by atoms with E-state index in [0.29, 0.717) is 6.54 Å². The van der Waals surface area contributed by atoms with Crippen molar-refractivity contribution in [2.24, 2.45) is 4.99 Å². The second-order valence-electron chi connectivity index (χ2n) is 7.34. The van der Waals surface area contributed by atoms with E-state index >= 15 is 0 Å². The normalized spacial score (nSPS) is 16.0. The van der Waals surface area contributed by atoms with E-state index in [1.54, 1.807) is 7.11 Å². The minimum Gasteiger partial charge on any atom is -0.497 e. The molecule has 7 heteroatoms. The molecule has 0 aliphatic carbocycles. The van der Waals surface area contributed by atoms with Crippen LogP contribution in [0.2, 0.25) is 0 Å². The van der Waals surface area contributed by atoms with Crippen molar-refractivity contribution in [3.05, 3.63) is 29.8 Å². The lowest BCUT2D eigenvalue weighted by Gasteiger charge is -2.29. The number of benzene rings is 1. The third-order valence-electron chi connectivity index (χ3n) is 5.04. The minimum absolute atomic E-state index is 0.109. The summed E-state index contributed by atoms with van der Waals surface area (Å²) >= 11 is 0. The number of nitrogens with zero attached hydrogens (tertiary/aromatic N) is 2. The molecular formula is C22H38N4O3. The predicted octanol–water partition coefficient (Wildman–Crippen LogP) is 2.00. The molecule has 29 heavy (non-hydrogen) atoms. The fraction of sp³-hybridized carbons (Fsp3) is 0.682. The van der Waals surface area contributed by atoms with E-state index in [1.807, 2.05) is 31.2 Å². The molecule has 1 aliphatic rings. The number of nitrogens with one attached hydrogen (secondary N) is 2. The molecule has 0 amide bonds. The number of aliphatic hydroxyl groups is 1. The van der Waals surface area contributed by atoms with Crippen LogP contribution in [0.25, 0.3) is 0 Å². The molecule has 7 nitrogen and oxygen atoms in total. The van der Waals surface area contributed by atoms with Crippen LogP contribution in [0.1, 0.15) is 38.2 Å². The first-order chi connectivity index (χ1) is 14.2. The number of aliphatic imine (C=N–C) groups is 1. The van der Waals surface area contributed by atoms with Gasteiger partial charge in [-0.25, -0.2) is 4.99 Å². The molecule has 1 saturated heterocycles. The van der Waals surface area contributed by atoms with Crippen LogP contribution >= 0.6 is 0 Å². The monoisotopic (exact) mass is 406 g/mol. The minimum atomic E-state index is -0.109. The molecule has 0 aromatic heterocycles. The first-order valence-electron chi connectivity index (χ1n) is 10.8. The van der Waals surface area contributed by atoms with Gasteiger partial charge in [0.1, 0.15) is 5.75 Å².